The zero-order chi connectivity index (χ0) is 16.3. The highest BCUT2D eigenvalue weighted by Gasteiger charge is 2.25. The van der Waals surface area contributed by atoms with Crippen molar-refractivity contribution in [3.63, 3.8) is 0 Å². The molecule has 5 nitrogen and oxygen atoms in total. The van der Waals surface area contributed by atoms with Gasteiger partial charge in [-0.25, -0.2) is 9.78 Å². The minimum Gasteiger partial charge on any atom is -0.289 e. The Bertz CT molecular complexity index is 1160. The van der Waals surface area contributed by atoms with Crippen LogP contribution in [-0.4, -0.2) is 19.3 Å². The van der Waals surface area contributed by atoms with E-state index in [1.165, 1.54) is 5.56 Å². The van der Waals surface area contributed by atoms with Crippen LogP contribution in [0.1, 0.15) is 10.8 Å². The van der Waals surface area contributed by atoms with Crippen LogP contribution in [0, 0.1) is 0 Å². The van der Waals surface area contributed by atoms with Crippen molar-refractivity contribution >= 4 is 33.6 Å². The molecule has 1 aliphatic heterocycles. The number of aryl methyl sites for hydroxylation is 1. The molecule has 0 spiro atoms. The fourth-order valence-electron chi connectivity index (χ4n) is 3.53. The summed E-state index contributed by atoms with van der Waals surface area (Å²) in [6, 6.07) is 12.4. The first-order valence-electron chi connectivity index (χ1n) is 7.78. The number of para-hydroxylation sites is 2. The predicted octanol–water partition coefficient (Wildman–Crippen LogP) is 3.13. The van der Waals surface area contributed by atoms with Crippen LogP contribution in [0.15, 0.2) is 58.5 Å². The van der Waals surface area contributed by atoms with E-state index in [0.29, 0.717) is 6.54 Å². The number of hydrogen-bond acceptors (Lipinski definition) is 4. The maximum atomic E-state index is 12.3. The van der Waals surface area contributed by atoms with Crippen molar-refractivity contribution in [1.82, 2.24) is 19.3 Å². The topological polar surface area (TPSA) is 52.7 Å². The van der Waals surface area contributed by atoms with E-state index in [2.05, 4.69) is 34.3 Å². The van der Waals surface area contributed by atoms with E-state index in [-0.39, 0.29) is 10.9 Å². The monoisotopic (exact) mass is 334 g/mol. The van der Waals surface area contributed by atoms with Crippen molar-refractivity contribution in [2.24, 2.45) is 7.05 Å². The molecule has 1 atom stereocenters. The van der Waals surface area contributed by atoms with Gasteiger partial charge in [0, 0.05) is 35.5 Å². The molecule has 0 N–H and O–H groups in total. The highest BCUT2D eigenvalue weighted by atomic mass is 32.2. The van der Waals surface area contributed by atoms with Gasteiger partial charge in [0.1, 0.15) is 0 Å². The Kier molecular flexibility index (Phi) is 2.84. The summed E-state index contributed by atoms with van der Waals surface area (Å²) < 4.78 is 3.72. The van der Waals surface area contributed by atoms with Gasteiger partial charge in [-0.3, -0.25) is 9.25 Å². The Morgan fingerprint density at radius 2 is 1.88 bits per heavy atom. The van der Waals surface area contributed by atoms with Crippen LogP contribution in [0.2, 0.25) is 0 Å². The zero-order valence-corrected chi connectivity index (χ0v) is 13.8. The summed E-state index contributed by atoms with van der Waals surface area (Å²) in [5.74, 6) is 0. The Hall–Kier alpha value is -2.60. The van der Waals surface area contributed by atoms with Crippen LogP contribution in [0.4, 0.5) is 0 Å². The lowest BCUT2D eigenvalue weighted by molar-refractivity contribution is 0.651. The summed E-state index contributed by atoms with van der Waals surface area (Å²) >= 11 is 1.81. The second-order valence-electron chi connectivity index (χ2n) is 6.01. The summed E-state index contributed by atoms with van der Waals surface area (Å²) in [4.78, 5) is 17.5. The minimum absolute atomic E-state index is 0.157. The highest BCUT2D eigenvalue weighted by Crippen LogP contribution is 2.44. The van der Waals surface area contributed by atoms with Gasteiger partial charge in [-0.15, -0.1) is 11.8 Å². The highest BCUT2D eigenvalue weighted by molar-refractivity contribution is 7.99. The first-order valence-corrected chi connectivity index (χ1v) is 8.66. The fraction of sp³-hybridized carbons (Fsp3) is 0.167. The molecule has 0 radical (unpaired) electrons. The van der Waals surface area contributed by atoms with Gasteiger partial charge in [0.2, 0.25) is 0 Å². The Morgan fingerprint density at radius 1 is 1.08 bits per heavy atom. The number of thioether (sulfide) groups is 1. The molecule has 1 aliphatic rings. The van der Waals surface area contributed by atoms with Gasteiger partial charge in [-0.2, -0.15) is 5.10 Å². The Balaban J connectivity index is 1.74. The smallest absolute Gasteiger partial charge is 0.289 e. The zero-order valence-electron chi connectivity index (χ0n) is 13.0. The maximum Gasteiger partial charge on any atom is 0.348 e. The van der Waals surface area contributed by atoms with Crippen molar-refractivity contribution in [2.75, 3.05) is 0 Å². The third-order valence-electron chi connectivity index (χ3n) is 4.60. The van der Waals surface area contributed by atoms with Gasteiger partial charge in [0.15, 0.2) is 0 Å². The molecule has 0 amide bonds. The normalized spacial score (nSPS) is 16.8. The number of aromatic nitrogens is 4. The molecular weight excluding hydrogens is 320 g/mol. The second kappa shape index (κ2) is 4.95. The Morgan fingerprint density at radius 3 is 2.75 bits per heavy atom. The molecule has 0 saturated heterocycles. The third-order valence-corrected chi connectivity index (χ3v) is 5.87. The lowest BCUT2D eigenvalue weighted by Crippen LogP contribution is -2.27. The van der Waals surface area contributed by atoms with E-state index in [4.69, 9.17) is 0 Å². The Labute approximate surface area is 141 Å². The van der Waals surface area contributed by atoms with Gasteiger partial charge in [0.25, 0.3) is 0 Å². The number of benzene rings is 2. The van der Waals surface area contributed by atoms with E-state index < -0.39 is 0 Å². The van der Waals surface area contributed by atoms with E-state index in [1.807, 2.05) is 41.8 Å². The summed E-state index contributed by atoms with van der Waals surface area (Å²) in [7, 11) is 1.96. The van der Waals surface area contributed by atoms with Crippen LogP contribution in [0.5, 0.6) is 0 Å². The quantitative estimate of drug-likeness (QED) is 0.537. The van der Waals surface area contributed by atoms with E-state index in [9.17, 15) is 4.79 Å². The molecule has 0 saturated carbocycles. The van der Waals surface area contributed by atoms with Gasteiger partial charge in [-0.1, -0.05) is 30.3 Å². The molecule has 5 rings (SSSR count). The summed E-state index contributed by atoms with van der Waals surface area (Å²) in [5.41, 5.74) is 3.15. The molecule has 6 heteroatoms. The first kappa shape index (κ1) is 13.8. The predicted molar refractivity (Wildman–Crippen MR) is 95.3 cm³/mol. The fourth-order valence-corrected chi connectivity index (χ4v) is 4.87. The number of rotatable bonds is 1. The van der Waals surface area contributed by atoms with Crippen LogP contribution in [0.3, 0.4) is 0 Å². The summed E-state index contributed by atoms with van der Waals surface area (Å²) in [6.07, 6.45) is 3.55. The second-order valence-corrected chi connectivity index (χ2v) is 7.25. The van der Waals surface area contributed by atoms with E-state index in [0.717, 1.165) is 26.7 Å². The maximum absolute atomic E-state index is 12.3. The molecular formula is C18H14N4OS. The van der Waals surface area contributed by atoms with Gasteiger partial charge < -0.3 is 0 Å². The molecule has 1 unspecified atom stereocenters. The van der Waals surface area contributed by atoms with Gasteiger partial charge in [0.05, 0.1) is 22.5 Å². The largest absolute Gasteiger partial charge is 0.348 e. The first-order chi connectivity index (χ1) is 11.7. The van der Waals surface area contributed by atoms with Gasteiger partial charge in [-0.05, 0) is 11.6 Å². The van der Waals surface area contributed by atoms with Crippen molar-refractivity contribution in [3.8, 4) is 0 Å². The minimum atomic E-state index is -0.183. The average molecular weight is 334 g/mol. The number of hydrogen-bond donors (Lipinski definition) is 0. The van der Waals surface area contributed by atoms with Crippen molar-refractivity contribution in [2.45, 2.75) is 16.7 Å². The van der Waals surface area contributed by atoms with Gasteiger partial charge >= 0.3 is 5.69 Å². The molecule has 3 heterocycles. The molecule has 118 valence electrons. The molecule has 4 aromatic rings. The van der Waals surface area contributed by atoms with Crippen LogP contribution < -0.4 is 5.69 Å². The van der Waals surface area contributed by atoms with E-state index >= 15 is 0 Å². The average Bonchev–Trinajstić information content (AvgIpc) is 2.99. The number of fused-ring (bicyclic) bond motifs is 1. The van der Waals surface area contributed by atoms with Crippen molar-refractivity contribution in [3.05, 3.63) is 64.8 Å². The lowest BCUT2D eigenvalue weighted by atomic mass is 10.1. The van der Waals surface area contributed by atoms with E-state index in [1.54, 1.807) is 10.8 Å². The SMILES string of the molecule is Cn1ncc2cccc(C3Cn4c(=O)ncc5cccc(c54)S3)c21. The van der Waals surface area contributed by atoms with Crippen molar-refractivity contribution < 1.29 is 0 Å². The summed E-state index contributed by atoms with van der Waals surface area (Å²) in [5, 5.41) is 6.67. The summed E-state index contributed by atoms with van der Waals surface area (Å²) in [6.45, 7) is 0.620. The third kappa shape index (κ3) is 1.86. The molecule has 2 aromatic heterocycles. The van der Waals surface area contributed by atoms with Crippen LogP contribution in [0.25, 0.3) is 21.8 Å². The van der Waals surface area contributed by atoms with Crippen LogP contribution >= 0.6 is 11.8 Å². The molecule has 0 bridgehead atoms. The van der Waals surface area contributed by atoms with Crippen molar-refractivity contribution in [1.29, 1.82) is 0 Å². The lowest BCUT2D eigenvalue weighted by Gasteiger charge is -2.26. The molecule has 2 aromatic carbocycles. The molecule has 0 fully saturated rings. The number of nitrogens with zero attached hydrogens (tertiary/aromatic N) is 4. The molecule has 0 aliphatic carbocycles. The van der Waals surface area contributed by atoms with Crippen LogP contribution in [-0.2, 0) is 13.6 Å². The molecule has 24 heavy (non-hydrogen) atoms. The standard InChI is InChI=1S/C18H14N4OS/c1-21-16-12(9-20-21)4-2-6-13(16)15-10-22-17-11(8-19-18(22)23)5-3-7-14(17)24-15/h2-9,15H,10H2,1H3.